The third kappa shape index (κ3) is 2.47. The Morgan fingerprint density at radius 1 is 1.33 bits per heavy atom. The Bertz CT molecular complexity index is 731. The number of carbonyl (C=O) groups excluding carboxylic acids is 1. The highest BCUT2D eigenvalue weighted by atomic mass is 19.1. The van der Waals surface area contributed by atoms with Crippen molar-refractivity contribution >= 4 is 28.7 Å². The summed E-state index contributed by atoms with van der Waals surface area (Å²) in [5.74, 6) is 0.00180. The maximum Gasteiger partial charge on any atom is 0.262 e. The van der Waals surface area contributed by atoms with Gasteiger partial charge < -0.3 is 21.1 Å². The van der Waals surface area contributed by atoms with Gasteiger partial charge in [0, 0.05) is 17.3 Å². The van der Waals surface area contributed by atoms with Crippen LogP contribution in [0, 0.1) is 12.7 Å². The second kappa shape index (κ2) is 4.97. The largest absolute Gasteiger partial charge is 0.482 e. The number of benzene rings is 2. The second-order valence-corrected chi connectivity index (χ2v) is 4.81. The minimum absolute atomic E-state index is 0.0256. The van der Waals surface area contributed by atoms with Crippen molar-refractivity contribution in [1.82, 2.24) is 0 Å². The van der Waals surface area contributed by atoms with Crippen molar-refractivity contribution in [2.45, 2.75) is 6.92 Å². The maximum absolute atomic E-state index is 13.6. The zero-order valence-corrected chi connectivity index (χ0v) is 11.4. The Labute approximate surface area is 120 Å². The average molecular weight is 287 g/mol. The van der Waals surface area contributed by atoms with Gasteiger partial charge in [0.15, 0.2) is 6.61 Å². The lowest BCUT2D eigenvalue weighted by Gasteiger charge is -2.20. The van der Waals surface area contributed by atoms with Crippen LogP contribution in [-0.4, -0.2) is 12.5 Å². The van der Waals surface area contributed by atoms with Crippen LogP contribution in [-0.2, 0) is 4.79 Å². The van der Waals surface area contributed by atoms with Crippen LogP contribution in [0.3, 0.4) is 0 Å². The number of nitrogen functional groups attached to an aromatic ring is 1. The molecule has 4 N–H and O–H groups in total. The molecule has 0 aromatic heterocycles. The number of hydrogen-bond acceptors (Lipinski definition) is 4. The standard InChI is InChI=1S/C15H14FN3O2/c1-8-9(16)3-2-4-11(8)18-12-6-13-14(5-10(12)17)21-7-15(20)19-13/h2-6,18H,7,17H2,1H3,(H,19,20). The molecule has 1 aliphatic heterocycles. The van der Waals surface area contributed by atoms with Crippen LogP contribution in [0.5, 0.6) is 5.75 Å². The number of rotatable bonds is 2. The molecule has 108 valence electrons. The molecular formula is C15H14FN3O2. The first kappa shape index (κ1) is 13.2. The molecule has 6 heteroatoms. The monoisotopic (exact) mass is 287 g/mol. The number of fused-ring (bicyclic) bond motifs is 1. The van der Waals surface area contributed by atoms with Gasteiger partial charge in [-0.05, 0) is 25.1 Å². The molecule has 3 rings (SSSR count). The SMILES string of the molecule is Cc1c(F)cccc1Nc1cc2c(cc1N)OCC(=O)N2. The highest BCUT2D eigenvalue weighted by molar-refractivity contribution is 5.97. The third-order valence-electron chi connectivity index (χ3n) is 3.32. The van der Waals surface area contributed by atoms with E-state index in [1.807, 2.05) is 0 Å². The first-order valence-corrected chi connectivity index (χ1v) is 6.43. The molecule has 0 radical (unpaired) electrons. The average Bonchev–Trinajstić information content (AvgIpc) is 2.45. The predicted molar refractivity (Wildman–Crippen MR) is 79.4 cm³/mol. The minimum Gasteiger partial charge on any atom is -0.482 e. The molecule has 1 heterocycles. The first-order valence-electron chi connectivity index (χ1n) is 6.43. The summed E-state index contributed by atoms with van der Waals surface area (Å²) in [6.07, 6.45) is 0. The number of halogens is 1. The van der Waals surface area contributed by atoms with Crippen molar-refractivity contribution < 1.29 is 13.9 Å². The lowest BCUT2D eigenvalue weighted by atomic mass is 10.1. The Morgan fingerprint density at radius 3 is 2.95 bits per heavy atom. The summed E-state index contributed by atoms with van der Waals surface area (Å²) >= 11 is 0. The summed E-state index contributed by atoms with van der Waals surface area (Å²) in [5.41, 5.74) is 8.65. The quantitative estimate of drug-likeness (QED) is 0.742. The molecule has 0 aliphatic carbocycles. The molecule has 5 nitrogen and oxygen atoms in total. The summed E-state index contributed by atoms with van der Waals surface area (Å²) < 4.78 is 18.8. The van der Waals surface area contributed by atoms with Gasteiger partial charge in [0.2, 0.25) is 0 Å². The predicted octanol–water partition coefficient (Wildman–Crippen LogP) is 2.79. The Morgan fingerprint density at radius 2 is 2.14 bits per heavy atom. The Kier molecular flexibility index (Phi) is 3.13. The summed E-state index contributed by atoms with van der Waals surface area (Å²) in [7, 11) is 0. The van der Waals surface area contributed by atoms with Crippen molar-refractivity contribution in [3.05, 3.63) is 41.7 Å². The fraction of sp³-hybridized carbons (Fsp3) is 0.133. The van der Waals surface area contributed by atoms with Gasteiger partial charge in [-0.15, -0.1) is 0 Å². The van der Waals surface area contributed by atoms with Gasteiger partial charge in [0.05, 0.1) is 17.1 Å². The number of nitrogens with two attached hydrogens (primary N) is 1. The molecule has 0 fully saturated rings. The molecule has 0 saturated heterocycles. The smallest absolute Gasteiger partial charge is 0.262 e. The Balaban J connectivity index is 1.97. The van der Waals surface area contributed by atoms with Gasteiger partial charge in [-0.1, -0.05) is 6.07 Å². The molecule has 2 aromatic carbocycles. The van der Waals surface area contributed by atoms with Gasteiger partial charge >= 0.3 is 0 Å². The molecule has 0 atom stereocenters. The minimum atomic E-state index is -0.298. The Hall–Kier alpha value is -2.76. The summed E-state index contributed by atoms with van der Waals surface area (Å²) in [6, 6.07) is 8.07. The van der Waals surface area contributed by atoms with E-state index in [1.165, 1.54) is 6.07 Å². The molecule has 2 aromatic rings. The van der Waals surface area contributed by atoms with Crippen molar-refractivity contribution in [3.63, 3.8) is 0 Å². The third-order valence-corrected chi connectivity index (χ3v) is 3.32. The lowest BCUT2D eigenvalue weighted by molar-refractivity contribution is -0.118. The van der Waals surface area contributed by atoms with E-state index in [2.05, 4.69) is 10.6 Å². The highest BCUT2D eigenvalue weighted by Gasteiger charge is 2.18. The van der Waals surface area contributed by atoms with E-state index in [9.17, 15) is 9.18 Å². The zero-order valence-electron chi connectivity index (χ0n) is 11.4. The summed E-state index contributed by atoms with van der Waals surface area (Å²) in [6.45, 7) is 1.65. The van der Waals surface area contributed by atoms with E-state index in [4.69, 9.17) is 10.5 Å². The van der Waals surface area contributed by atoms with Crippen molar-refractivity contribution in [1.29, 1.82) is 0 Å². The summed E-state index contributed by atoms with van der Waals surface area (Å²) in [4.78, 5) is 11.3. The zero-order chi connectivity index (χ0) is 15.0. The van der Waals surface area contributed by atoms with Crippen LogP contribution >= 0.6 is 0 Å². The molecule has 0 unspecified atom stereocenters. The lowest BCUT2D eigenvalue weighted by Crippen LogP contribution is -2.25. The fourth-order valence-corrected chi connectivity index (χ4v) is 2.14. The van der Waals surface area contributed by atoms with E-state index >= 15 is 0 Å². The van der Waals surface area contributed by atoms with Gasteiger partial charge in [-0.25, -0.2) is 4.39 Å². The summed E-state index contributed by atoms with van der Waals surface area (Å²) in [5, 5.41) is 5.78. The van der Waals surface area contributed by atoms with E-state index < -0.39 is 0 Å². The molecule has 0 bridgehead atoms. The van der Waals surface area contributed by atoms with Gasteiger partial charge in [-0.2, -0.15) is 0 Å². The van der Waals surface area contributed by atoms with Gasteiger partial charge in [-0.3, -0.25) is 4.79 Å². The van der Waals surface area contributed by atoms with Gasteiger partial charge in [0.25, 0.3) is 5.91 Å². The van der Waals surface area contributed by atoms with Crippen LogP contribution in [0.4, 0.5) is 27.1 Å². The van der Waals surface area contributed by atoms with E-state index in [0.29, 0.717) is 34.1 Å². The number of anilines is 4. The van der Waals surface area contributed by atoms with E-state index in [1.54, 1.807) is 31.2 Å². The molecular weight excluding hydrogens is 273 g/mol. The van der Waals surface area contributed by atoms with Crippen LogP contribution in [0.2, 0.25) is 0 Å². The van der Waals surface area contributed by atoms with Crippen LogP contribution in [0.1, 0.15) is 5.56 Å². The molecule has 0 spiro atoms. The fourth-order valence-electron chi connectivity index (χ4n) is 2.14. The molecule has 1 amide bonds. The first-order chi connectivity index (χ1) is 10.0. The van der Waals surface area contributed by atoms with Crippen LogP contribution in [0.25, 0.3) is 0 Å². The number of nitrogens with one attached hydrogen (secondary N) is 2. The van der Waals surface area contributed by atoms with E-state index in [0.717, 1.165) is 0 Å². The molecule has 0 saturated carbocycles. The highest BCUT2D eigenvalue weighted by Crippen LogP contribution is 2.36. The number of amides is 1. The van der Waals surface area contributed by atoms with Crippen molar-refractivity contribution in [3.8, 4) is 5.75 Å². The van der Waals surface area contributed by atoms with Crippen LogP contribution in [0.15, 0.2) is 30.3 Å². The van der Waals surface area contributed by atoms with Crippen molar-refractivity contribution in [2.75, 3.05) is 23.0 Å². The normalized spacial score (nSPS) is 13.1. The van der Waals surface area contributed by atoms with Crippen molar-refractivity contribution in [2.24, 2.45) is 0 Å². The number of ether oxygens (including phenoxy) is 1. The van der Waals surface area contributed by atoms with Gasteiger partial charge in [0.1, 0.15) is 11.6 Å². The topological polar surface area (TPSA) is 76.4 Å². The maximum atomic E-state index is 13.6. The van der Waals surface area contributed by atoms with E-state index in [-0.39, 0.29) is 18.3 Å². The number of carbonyl (C=O) groups is 1. The molecule has 1 aliphatic rings. The molecule has 21 heavy (non-hydrogen) atoms. The van der Waals surface area contributed by atoms with Crippen LogP contribution < -0.4 is 21.1 Å². The number of hydrogen-bond donors (Lipinski definition) is 3. The second-order valence-electron chi connectivity index (χ2n) is 4.81.